The maximum absolute atomic E-state index is 12.6. The van der Waals surface area contributed by atoms with E-state index in [2.05, 4.69) is 0 Å². The minimum absolute atomic E-state index is 0.124. The fraction of sp³-hybridized carbons (Fsp3) is 0.529. The van der Waals surface area contributed by atoms with Crippen molar-refractivity contribution in [2.24, 2.45) is 11.1 Å². The van der Waals surface area contributed by atoms with Crippen LogP contribution in [0.1, 0.15) is 40.4 Å². The van der Waals surface area contributed by atoms with Gasteiger partial charge in [-0.3, -0.25) is 14.5 Å². The second-order valence-electron chi connectivity index (χ2n) is 6.58. The first kappa shape index (κ1) is 15.7. The molecule has 0 aliphatic carbocycles. The molecule has 0 spiro atoms. The van der Waals surface area contributed by atoms with Crippen molar-refractivity contribution in [2.75, 3.05) is 19.6 Å². The highest BCUT2D eigenvalue weighted by Crippen LogP contribution is 2.29. The Kier molecular flexibility index (Phi) is 4.19. The number of ketones is 1. The highest BCUT2D eigenvalue weighted by Gasteiger charge is 2.39. The molecule has 21 heavy (non-hydrogen) atoms. The summed E-state index contributed by atoms with van der Waals surface area (Å²) >= 11 is 0. The molecule has 2 N–H and O–H groups in total. The zero-order valence-electron chi connectivity index (χ0n) is 13.3. The Hall–Kier alpha value is -1.68. The number of amides is 1. The Morgan fingerprint density at radius 2 is 1.81 bits per heavy atom. The summed E-state index contributed by atoms with van der Waals surface area (Å²) in [5.74, 6) is -0.154. The second kappa shape index (κ2) is 5.60. The standard InChI is InChI=1S/C17H24N2O2/c1-11-7-12(2)15(13(3)8-11)14(20)9-19-6-5-17(4,10-19)16(18)21/h7-8H,5-6,9-10H2,1-4H3,(H2,18,21). The normalized spacial score (nSPS) is 22.5. The summed E-state index contributed by atoms with van der Waals surface area (Å²) < 4.78 is 0. The van der Waals surface area contributed by atoms with Crippen molar-refractivity contribution in [3.63, 3.8) is 0 Å². The van der Waals surface area contributed by atoms with E-state index in [1.165, 1.54) is 5.56 Å². The largest absolute Gasteiger partial charge is 0.369 e. The molecule has 1 saturated heterocycles. The Morgan fingerprint density at radius 1 is 1.24 bits per heavy atom. The lowest BCUT2D eigenvalue weighted by Crippen LogP contribution is -2.38. The minimum Gasteiger partial charge on any atom is -0.369 e. The molecule has 1 unspecified atom stereocenters. The fourth-order valence-electron chi connectivity index (χ4n) is 3.29. The number of nitrogens with two attached hydrogens (primary N) is 1. The van der Waals surface area contributed by atoms with Crippen molar-refractivity contribution < 1.29 is 9.59 Å². The van der Waals surface area contributed by atoms with Crippen LogP contribution in [-0.2, 0) is 4.79 Å². The number of carbonyl (C=O) groups excluding carboxylic acids is 2. The van der Waals surface area contributed by atoms with E-state index < -0.39 is 5.41 Å². The van der Waals surface area contributed by atoms with Crippen molar-refractivity contribution in [3.8, 4) is 0 Å². The molecule has 1 fully saturated rings. The number of primary amides is 1. The molecule has 4 heteroatoms. The fourth-order valence-corrected chi connectivity index (χ4v) is 3.29. The van der Waals surface area contributed by atoms with Crippen molar-refractivity contribution in [1.82, 2.24) is 4.90 Å². The first-order chi connectivity index (χ1) is 9.73. The molecule has 1 aliphatic rings. The van der Waals surface area contributed by atoms with Crippen LogP contribution >= 0.6 is 0 Å². The summed E-state index contributed by atoms with van der Waals surface area (Å²) in [7, 11) is 0. The smallest absolute Gasteiger partial charge is 0.224 e. The van der Waals surface area contributed by atoms with Gasteiger partial charge in [-0.25, -0.2) is 0 Å². The van der Waals surface area contributed by atoms with E-state index in [4.69, 9.17) is 5.73 Å². The summed E-state index contributed by atoms with van der Waals surface area (Å²) in [6.07, 6.45) is 0.724. The highest BCUT2D eigenvalue weighted by molar-refractivity contribution is 6.00. The molecule has 114 valence electrons. The molecule has 0 aromatic heterocycles. The molecule has 1 aromatic rings. The van der Waals surface area contributed by atoms with E-state index in [0.29, 0.717) is 13.1 Å². The van der Waals surface area contributed by atoms with Gasteiger partial charge in [0.1, 0.15) is 0 Å². The molecule has 2 rings (SSSR count). The van der Waals surface area contributed by atoms with Gasteiger partial charge in [0.05, 0.1) is 12.0 Å². The molecule has 0 saturated carbocycles. The first-order valence-electron chi connectivity index (χ1n) is 7.36. The van der Waals surface area contributed by atoms with Crippen LogP contribution in [0, 0.1) is 26.2 Å². The number of hydrogen-bond acceptors (Lipinski definition) is 3. The summed E-state index contributed by atoms with van der Waals surface area (Å²) in [6.45, 7) is 9.53. The number of likely N-dealkylation sites (tertiary alicyclic amines) is 1. The van der Waals surface area contributed by atoms with E-state index in [-0.39, 0.29) is 11.7 Å². The van der Waals surface area contributed by atoms with Gasteiger partial charge in [-0.2, -0.15) is 0 Å². The second-order valence-corrected chi connectivity index (χ2v) is 6.58. The predicted molar refractivity (Wildman–Crippen MR) is 83.3 cm³/mol. The molecule has 1 aliphatic heterocycles. The first-order valence-corrected chi connectivity index (χ1v) is 7.36. The number of benzene rings is 1. The van der Waals surface area contributed by atoms with Crippen LogP contribution in [0.25, 0.3) is 0 Å². The van der Waals surface area contributed by atoms with Crippen LogP contribution < -0.4 is 5.73 Å². The predicted octanol–water partition coefficient (Wildman–Crippen LogP) is 1.99. The molecule has 1 heterocycles. The van der Waals surface area contributed by atoms with Gasteiger partial charge in [0.2, 0.25) is 5.91 Å². The maximum atomic E-state index is 12.6. The summed E-state index contributed by atoms with van der Waals surface area (Å²) in [5.41, 5.74) is 8.98. The van der Waals surface area contributed by atoms with Gasteiger partial charge in [-0.05, 0) is 51.8 Å². The molecule has 0 radical (unpaired) electrons. The van der Waals surface area contributed by atoms with E-state index >= 15 is 0 Å². The molecule has 0 bridgehead atoms. The third kappa shape index (κ3) is 3.16. The SMILES string of the molecule is Cc1cc(C)c(C(=O)CN2CCC(C)(C(N)=O)C2)c(C)c1. The number of nitrogens with zero attached hydrogens (tertiary/aromatic N) is 1. The van der Waals surface area contributed by atoms with Crippen molar-refractivity contribution in [2.45, 2.75) is 34.1 Å². The topological polar surface area (TPSA) is 63.4 Å². The summed E-state index contributed by atoms with van der Waals surface area (Å²) in [6, 6.07) is 4.08. The van der Waals surface area contributed by atoms with E-state index in [1.54, 1.807) is 0 Å². The van der Waals surface area contributed by atoms with E-state index in [1.807, 2.05) is 44.7 Å². The Bertz CT molecular complexity index is 571. The van der Waals surface area contributed by atoms with Gasteiger partial charge < -0.3 is 5.73 Å². The third-order valence-electron chi connectivity index (χ3n) is 4.47. The van der Waals surface area contributed by atoms with Crippen molar-refractivity contribution >= 4 is 11.7 Å². The van der Waals surface area contributed by atoms with Gasteiger partial charge in [0, 0.05) is 12.1 Å². The van der Waals surface area contributed by atoms with Gasteiger partial charge in [-0.1, -0.05) is 17.7 Å². The minimum atomic E-state index is -0.502. The van der Waals surface area contributed by atoms with Crippen molar-refractivity contribution in [1.29, 1.82) is 0 Å². The zero-order chi connectivity index (χ0) is 15.8. The highest BCUT2D eigenvalue weighted by atomic mass is 16.1. The molecular formula is C17H24N2O2. The monoisotopic (exact) mass is 288 g/mol. The maximum Gasteiger partial charge on any atom is 0.224 e. The lowest BCUT2D eigenvalue weighted by Gasteiger charge is -2.21. The molecule has 1 amide bonds. The molecule has 4 nitrogen and oxygen atoms in total. The van der Waals surface area contributed by atoms with Gasteiger partial charge in [0.25, 0.3) is 0 Å². The Labute approximate surface area is 126 Å². The van der Waals surface area contributed by atoms with Crippen molar-refractivity contribution in [3.05, 3.63) is 34.4 Å². The van der Waals surface area contributed by atoms with E-state index in [9.17, 15) is 9.59 Å². The summed E-state index contributed by atoms with van der Waals surface area (Å²) in [5, 5.41) is 0. The molecular weight excluding hydrogens is 264 g/mol. The Balaban J connectivity index is 2.12. The third-order valence-corrected chi connectivity index (χ3v) is 4.47. The average molecular weight is 288 g/mol. The van der Waals surface area contributed by atoms with Crippen LogP contribution in [0.5, 0.6) is 0 Å². The number of Topliss-reactive ketones (excluding diaryl/α,β-unsaturated/α-hetero) is 1. The van der Waals surface area contributed by atoms with Crippen LogP contribution in [0.15, 0.2) is 12.1 Å². The van der Waals surface area contributed by atoms with Crippen LogP contribution in [0.2, 0.25) is 0 Å². The molecule has 1 atom stereocenters. The lowest BCUT2D eigenvalue weighted by atomic mass is 9.89. The van der Waals surface area contributed by atoms with Crippen LogP contribution in [0.4, 0.5) is 0 Å². The van der Waals surface area contributed by atoms with Gasteiger partial charge in [0.15, 0.2) is 5.78 Å². The summed E-state index contributed by atoms with van der Waals surface area (Å²) in [4.78, 5) is 26.1. The van der Waals surface area contributed by atoms with Gasteiger partial charge >= 0.3 is 0 Å². The van der Waals surface area contributed by atoms with Crippen LogP contribution in [0.3, 0.4) is 0 Å². The van der Waals surface area contributed by atoms with E-state index in [0.717, 1.165) is 29.7 Å². The number of aryl methyl sites for hydroxylation is 3. The Morgan fingerprint density at radius 3 is 2.29 bits per heavy atom. The van der Waals surface area contributed by atoms with Gasteiger partial charge in [-0.15, -0.1) is 0 Å². The lowest BCUT2D eigenvalue weighted by molar-refractivity contribution is -0.126. The number of carbonyl (C=O) groups is 2. The molecule has 1 aromatic carbocycles. The zero-order valence-corrected chi connectivity index (χ0v) is 13.3. The van der Waals surface area contributed by atoms with Crippen LogP contribution in [-0.4, -0.2) is 36.2 Å². The average Bonchev–Trinajstić information content (AvgIpc) is 2.70. The number of rotatable bonds is 4. The quantitative estimate of drug-likeness (QED) is 0.862. The number of hydrogen-bond donors (Lipinski definition) is 1.